The van der Waals surface area contributed by atoms with Crippen LogP contribution in [0.3, 0.4) is 0 Å². The van der Waals surface area contributed by atoms with Crippen LogP contribution in [0.5, 0.6) is 5.75 Å². The summed E-state index contributed by atoms with van der Waals surface area (Å²) in [6.07, 6.45) is 2.71. The Bertz CT molecular complexity index is 889. The number of fused-ring (bicyclic) bond motifs is 1. The van der Waals surface area contributed by atoms with Crippen molar-refractivity contribution in [3.63, 3.8) is 0 Å². The molecule has 1 aliphatic rings. The van der Waals surface area contributed by atoms with Crippen LogP contribution >= 0.6 is 0 Å². The van der Waals surface area contributed by atoms with Crippen molar-refractivity contribution in [3.05, 3.63) is 48.4 Å². The van der Waals surface area contributed by atoms with Gasteiger partial charge >= 0.3 is 0 Å². The fraction of sp³-hybridized carbons (Fsp3) is 0.421. The Kier molecular flexibility index (Phi) is 3.63. The van der Waals surface area contributed by atoms with Gasteiger partial charge in [-0.05, 0) is 19.1 Å². The molecule has 0 unspecified atom stereocenters. The number of aryl methyl sites for hydroxylation is 1. The van der Waals surface area contributed by atoms with Crippen LogP contribution in [-0.4, -0.2) is 38.8 Å². The summed E-state index contributed by atoms with van der Waals surface area (Å²) < 4.78 is 8.00. The van der Waals surface area contributed by atoms with Crippen molar-refractivity contribution < 1.29 is 4.74 Å². The maximum absolute atomic E-state index is 6.20. The zero-order chi connectivity index (χ0) is 17.6. The zero-order valence-electron chi connectivity index (χ0n) is 15.0. The van der Waals surface area contributed by atoms with Crippen LogP contribution in [0.25, 0.3) is 5.78 Å². The molecule has 6 nitrogen and oxygen atoms in total. The average molecular weight is 337 g/mol. The first-order valence-electron chi connectivity index (χ1n) is 8.59. The van der Waals surface area contributed by atoms with Gasteiger partial charge in [0.25, 0.3) is 5.78 Å². The van der Waals surface area contributed by atoms with Crippen molar-refractivity contribution >= 4 is 11.6 Å². The molecule has 1 aliphatic carbocycles. The third-order valence-corrected chi connectivity index (χ3v) is 5.34. The number of hydrogen-bond donors (Lipinski definition) is 0. The molecule has 1 fully saturated rings. The Balaban J connectivity index is 1.57. The van der Waals surface area contributed by atoms with E-state index < -0.39 is 0 Å². The van der Waals surface area contributed by atoms with Gasteiger partial charge in [0.15, 0.2) is 0 Å². The summed E-state index contributed by atoms with van der Waals surface area (Å²) in [5.74, 6) is 2.58. The molecule has 130 valence electrons. The van der Waals surface area contributed by atoms with Gasteiger partial charge in [0.2, 0.25) is 0 Å². The number of benzene rings is 1. The van der Waals surface area contributed by atoms with Crippen molar-refractivity contribution in [1.29, 1.82) is 0 Å². The van der Waals surface area contributed by atoms with Crippen LogP contribution in [0.1, 0.15) is 26.0 Å². The number of para-hydroxylation sites is 1. The summed E-state index contributed by atoms with van der Waals surface area (Å²) in [6.45, 7) is 6.51. The molecule has 2 aromatic heterocycles. The quantitative estimate of drug-likeness (QED) is 0.732. The summed E-state index contributed by atoms with van der Waals surface area (Å²) in [6, 6.07) is 12.5. The topological polar surface area (TPSA) is 55.6 Å². The largest absolute Gasteiger partial charge is 0.490 e. The first kappa shape index (κ1) is 15.9. The van der Waals surface area contributed by atoms with E-state index in [1.807, 2.05) is 37.3 Å². The first-order chi connectivity index (χ1) is 12.0. The molecular formula is C19H23N5O. The van der Waals surface area contributed by atoms with E-state index in [1.165, 1.54) is 0 Å². The van der Waals surface area contributed by atoms with Gasteiger partial charge in [0.05, 0.1) is 0 Å². The van der Waals surface area contributed by atoms with Gasteiger partial charge in [-0.25, -0.2) is 4.98 Å². The van der Waals surface area contributed by atoms with Crippen molar-refractivity contribution in [2.75, 3.05) is 11.9 Å². The SMILES string of the molecule is Cc1cc(N(C)[C@H]2C[C@@H](Oc3ccccc3)C2(C)C)n2ncnc2n1. The van der Waals surface area contributed by atoms with Crippen LogP contribution in [-0.2, 0) is 0 Å². The van der Waals surface area contributed by atoms with E-state index in [0.29, 0.717) is 11.8 Å². The lowest BCUT2D eigenvalue weighted by Crippen LogP contribution is -2.62. The molecule has 4 rings (SSSR count). The second-order valence-electron chi connectivity index (χ2n) is 7.33. The Morgan fingerprint density at radius 2 is 2.00 bits per heavy atom. The number of rotatable bonds is 4. The highest BCUT2D eigenvalue weighted by atomic mass is 16.5. The van der Waals surface area contributed by atoms with E-state index in [4.69, 9.17) is 4.74 Å². The molecule has 1 aromatic carbocycles. The van der Waals surface area contributed by atoms with Crippen LogP contribution in [0.4, 0.5) is 5.82 Å². The third kappa shape index (κ3) is 2.62. The van der Waals surface area contributed by atoms with Gasteiger partial charge in [0, 0.05) is 36.7 Å². The first-order valence-corrected chi connectivity index (χ1v) is 8.59. The molecule has 6 heteroatoms. The molecule has 2 atom stereocenters. The van der Waals surface area contributed by atoms with E-state index in [2.05, 4.69) is 46.9 Å². The molecule has 0 radical (unpaired) electrons. The van der Waals surface area contributed by atoms with Gasteiger partial charge in [-0.15, -0.1) is 0 Å². The Morgan fingerprint density at radius 3 is 2.72 bits per heavy atom. The molecule has 2 heterocycles. The molecule has 0 saturated heterocycles. The van der Waals surface area contributed by atoms with Crippen LogP contribution in [0, 0.1) is 12.3 Å². The minimum atomic E-state index is 0.0225. The molecule has 3 aromatic rings. The van der Waals surface area contributed by atoms with Crippen molar-refractivity contribution in [1.82, 2.24) is 19.6 Å². The average Bonchev–Trinajstić information content (AvgIpc) is 3.06. The lowest BCUT2D eigenvalue weighted by atomic mass is 9.64. The maximum Gasteiger partial charge on any atom is 0.254 e. The standard InChI is InChI=1S/C19H23N5O/c1-13-10-17(24-18(22-13)20-12-21-24)23(4)15-11-16(19(15,2)3)25-14-8-6-5-7-9-14/h5-10,12,15-16H,11H2,1-4H3/t15-,16+/m0/s1. The minimum absolute atomic E-state index is 0.0225. The van der Waals surface area contributed by atoms with E-state index in [0.717, 1.165) is 23.7 Å². The van der Waals surface area contributed by atoms with E-state index >= 15 is 0 Å². The predicted molar refractivity (Wildman–Crippen MR) is 97.0 cm³/mol. The second kappa shape index (κ2) is 5.72. The summed E-state index contributed by atoms with van der Waals surface area (Å²) in [5, 5.41) is 4.33. The minimum Gasteiger partial charge on any atom is -0.490 e. The molecule has 25 heavy (non-hydrogen) atoms. The molecule has 0 spiro atoms. The Morgan fingerprint density at radius 1 is 1.24 bits per heavy atom. The van der Waals surface area contributed by atoms with Crippen molar-refractivity contribution in [2.24, 2.45) is 5.41 Å². The molecule has 0 aliphatic heterocycles. The number of anilines is 1. The predicted octanol–water partition coefficient (Wildman–Crippen LogP) is 3.12. The monoisotopic (exact) mass is 337 g/mol. The third-order valence-electron chi connectivity index (χ3n) is 5.34. The number of nitrogens with zero attached hydrogens (tertiary/aromatic N) is 5. The Hall–Kier alpha value is -2.63. The zero-order valence-corrected chi connectivity index (χ0v) is 15.0. The molecule has 0 bridgehead atoms. The number of ether oxygens (including phenoxy) is 1. The van der Waals surface area contributed by atoms with Crippen molar-refractivity contribution in [2.45, 2.75) is 39.3 Å². The smallest absolute Gasteiger partial charge is 0.254 e. The fourth-order valence-corrected chi connectivity index (χ4v) is 3.71. The molecule has 1 saturated carbocycles. The molecule has 0 N–H and O–H groups in total. The molecular weight excluding hydrogens is 314 g/mol. The highest BCUT2D eigenvalue weighted by Crippen LogP contribution is 2.46. The second-order valence-corrected chi connectivity index (χ2v) is 7.33. The summed E-state index contributed by atoms with van der Waals surface area (Å²) in [5.41, 5.74) is 0.964. The normalized spacial score (nSPS) is 21.8. The highest BCUT2D eigenvalue weighted by Gasteiger charge is 2.52. The van der Waals surface area contributed by atoms with Crippen LogP contribution in [0.2, 0.25) is 0 Å². The van der Waals surface area contributed by atoms with E-state index in [9.17, 15) is 0 Å². The fourth-order valence-electron chi connectivity index (χ4n) is 3.71. The number of hydrogen-bond acceptors (Lipinski definition) is 5. The van der Waals surface area contributed by atoms with Crippen molar-refractivity contribution in [3.8, 4) is 5.75 Å². The van der Waals surface area contributed by atoms with Crippen LogP contribution < -0.4 is 9.64 Å². The summed E-state index contributed by atoms with van der Waals surface area (Å²) in [4.78, 5) is 10.9. The van der Waals surface area contributed by atoms with E-state index in [-0.39, 0.29) is 11.5 Å². The van der Waals surface area contributed by atoms with Gasteiger partial charge in [-0.2, -0.15) is 14.6 Å². The Labute approximate surface area is 147 Å². The van der Waals surface area contributed by atoms with Gasteiger partial charge < -0.3 is 9.64 Å². The van der Waals surface area contributed by atoms with Gasteiger partial charge in [-0.3, -0.25) is 0 Å². The highest BCUT2D eigenvalue weighted by molar-refractivity contribution is 5.48. The number of aromatic nitrogens is 4. The lowest BCUT2D eigenvalue weighted by Gasteiger charge is -2.55. The maximum atomic E-state index is 6.20. The van der Waals surface area contributed by atoms with Gasteiger partial charge in [0.1, 0.15) is 24.0 Å². The van der Waals surface area contributed by atoms with Crippen LogP contribution in [0.15, 0.2) is 42.7 Å². The summed E-state index contributed by atoms with van der Waals surface area (Å²) in [7, 11) is 2.11. The lowest BCUT2D eigenvalue weighted by molar-refractivity contribution is -0.0418. The summed E-state index contributed by atoms with van der Waals surface area (Å²) >= 11 is 0. The molecule has 0 amide bonds. The van der Waals surface area contributed by atoms with Gasteiger partial charge in [-0.1, -0.05) is 32.0 Å². The van der Waals surface area contributed by atoms with E-state index in [1.54, 1.807) is 10.8 Å².